The second-order valence-electron chi connectivity index (χ2n) is 4.17. The van der Waals surface area contributed by atoms with E-state index in [4.69, 9.17) is 23.2 Å². The molecular formula is C14H12Cl2FN3O. The van der Waals surface area contributed by atoms with Gasteiger partial charge in [-0.05, 0) is 31.2 Å². The zero-order valence-electron chi connectivity index (χ0n) is 11.1. The van der Waals surface area contributed by atoms with Crippen LogP contribution in [-0.4, -0.2) is 17.4 Å². The van der Waals surface area contributed by atoms with Gasteiger partial charge in [-0.25, -0.2) is 9.37 Å². The zero-order chi connectivity index (χ0) is 15.4. The maximum atomic E-state index is 13.3. The molecule has 2 N–H and O–H groups in total. The minimum Gasteiger partial charge on any atom is -0.370 e. The molecule has 0 fully saturated rings. The molecule has 0 aliphatic carbocycles. The molecule has 4 nitrogen and oxygen atoms in total. The summed E-state index contributed by atoms with van der Waals surface area (Å²) in [4.78, 5) is 16.1. The van der Waals surface area contributed by atoms with Gasteiger partial charge in [0.05, 0.1) is 15.6 Å². The zero-order valence-corrected chi connectivity index (χ0v) is 12.6. The lowest BCUT2D eigenvalue weighted by Gasteiger charge is -2.08. The van der Waals surface area contributed by atoms with Crippen LogP contribution in [0.2, 0.25) is 10.0 Å². The highest BCUT2D eigenvalue weighted by Crippen LogP contribution is 2.27. The third kappa shape index (κ3) is 3.83. The van der Waals surface area contributed by atoms with Gasteiger partial charge in [-0.3, -0.25) is 4.79 Å². The minimum absolute atomic E-state index is 0.154. The van der Waals surface area contributed by atoms with E-state index in [1.165, 1.54) is 18.3 Å². The number of carbonyl (C=O) groups excluding carboxylic acids is 1. The van der Waals surface area contributed by atoms with Crippen molar-refractivity contribution in [3.8, 4) is 0 Å². The summed E-state index contributed by atoms with van der Waals surface area (Å²) in [6, 6.07) is 5.91. The molecule has 0 spiro atoms. The molecule has 21 heavy (non-hydrogen) atoms. The molecule has 0 atom stereocenters. The maximum Gasteiger partial charge on any atom is 0.257 e. The Balaban J connectivity index is 2.14. The van der Waals surface area contributed by atoms with Gasteiger partial charge in [-0.1, -0.05) is 23.2 Å². The van der Waals surface area contributed by atoms with Crippen molar-refractivity contribution < 1.29 is 9.18 Å². The van der Waals surface area contributed by atoms with E-state index in [1.807, 2.05) is 6.92 Å². The van der Waals surface area contributed by atoms with Crippen LogP contribution < -0.4 is 10.6 Å². The Morgan fingerprint density at radius 3 is 2.48 bits per heavy atom. The normalized spacial score (nSPS) is 10.3. The summed E-state index contributed by atoms with van der Waals surface area (Å²) in [5, 5.41) is 5.30. The third-order valence-corrected chi connectivity index (χ3v) is 3.18. The van der Waals surface area contributed by atoms with Gasteiger partial charge in [-0.15, -0.1) is 0 Å². The summed E-state index contributed by atoms with van der Waals surface area (Å²) >= 11 is 11.3. The van der Waals surface area contributed by atoms with Crippen molar-refractivity contribution in [2.75, 3.05) is 17.2 Å². The molecule has 0 saturated heterocycles. The number of hydrogen-bond donors (Lipinski definition) is 2. The van der Waals surface area contributed by atoms with E-state index in [2.05, 4.69) is 15.6 Å². The first-order valence-electron chi connectivity index (χ1n) is 6.17. The molecule has 1 heterocycles. The van der Waals surface area contributed by atoms with Gasteiger partial charge < -0.3 is 10.6 Å². The van der Waals surface area contributed by atoms with E-state index in [0.717, 1.165) is 6.54 Å². The molecule has 0 unspecified atom stereocenters. The quantitative estimate of drug-likeness (QED) is 0.827. The fourth-order valence-corrected chi connectivity index (χ4v) is 2.13. The van der Waals surface area contributed by atoms with Crippen LogP contribution in [0.1, 0.15) is 17.3 Å². The van der Waals surface area contributed by atoms with E-state index < -0.39 is 5.82 Å². The van der Waals surface area contributed by atoms with Crippen molar-refractivity contribution in [2.24, 2.45) is 0 Å². The van der Waals surface area contributed by atoms with Crippen molar-refractivity contribution in [3.05, 3.63) is 51.9 Å². The molecule has 7 heteroatoms. The molecular weight excluding hydrogens is 316 g/mol. The van der Waals surface area contributed by atoms with Crippen LogP contribution in [-0.2, 0) is 0 Å². The van der Waals surface area contributed by atoms with E-state index >= 15 is 0 Å². The lowest BCUT2D eigenvalue weighted by molar-refractivity contribution is 0.102. The van der Waals surface area contributed by atoms with Gasteiger partial charge in [0.15, 0.2) is 5.82 Å². The standard InChI is InChI=1S/C14H12Cl2FN3O/c1-2-18-12-4-3-8(7-19-12)14(21)20-9-5-10(15)13(17)11(16)6-9/h3-7H,2H2,1H3,(H,18,19)(H,20,21). The predicted octanol–water partition coefficient (Wildman–Crippen LogP) is 4.21. The topological polar surface area (TPSA) is 54.0 Å². The van der Waals surface area contributed by atoms with Crippen molar-refractivity contribution in [2.45, 2.75) is 6.92 Å². The van der Waals surface area contributed by atoms with Gasteiger partial charge in [0.1, 0.15) is 5.82 Å². The lowest BCUT2D eigenvalue weighted by Crippen LogP contribution is -2.12. The van der Waals surface area contributed by atoms with Crippen LogP contribution in [0.15, 0.2) is 30.5 Å². The minimum atomic E-state index is -0.715. The first-order valence-corrected chi connectivity index (χ1v) is 6.92. The summed E-state index contributed by atoms with van der Waals surface area (Å²) in [6.45, 7) is 2.69. The summed E-state index contributed by atoms with van der Waals surface area (Å²) < 4.78 is 13.3. The molecule has 0 bridgehead atoms. The van der Waals surface area contributed by atoms with Crippen LogP contribution in [0.5, 0.6) is 0 Å². The molecule has 110 valence electrons. The van der Waals surface area contributed by atoms with Gasteiger partial charge in [-0.2, -0.15) is 0 Å². The Morgan fingerprint density at radius 2 is 1.95 bits per heavy atom. The molecule has 0 aliphatic heterocycles. The second kappa shape index (κ2) is 6.74. The molecule has 2 rings (SSSR count). The number of aromatic nitrogens is 1. The van der Waals surface area contributed by atoms with Gasteiger partial charge >= 0.3 is 0 Å². The first kappa shape index (κ1) is 15.5. The molecule has 1 aromatic carbocycles. The van der Waals surface area contributed by atoms with E-state index in [-0.39, 0.29) is 16.0 Å². The Labute approximate surface area is 131 Å². The van der Waals surface area contributed by atoms with E-state index in [0.29, 0.717) is 17.1 Å². The number of pyridine rings is 1. The van der Waals surface area contributed by atoms with Crippen molar-refractivity contribution in [1.82, 2.24) is 4.98 Å². The number of nitrogens with one attached hydrogen (secondary N) is 2. The van der Waals surface area contributed by atoms with Crippen molar-refractivity contribution in [1.29, 1.82) is 0 Å². The summed E-state index contributed by atoms with van der Waals surface area (Å²) in [5.41, 5.74) is 0.681. The van der Waals surface area contributed by atoms with Gasteiger partial charge in [0, 0.05) is 18.4 Å². The summed E-state index contributed by atoms with van der Waals surface area (Å²) in [5.74, 6) is -0.417. The lowest BCUT2D eigenvalue weighted by atomic mass is 10.2. The van der Waals surface area contributed by atoms with Crippen LogP contribution in [0, 0.1) is 5.82 Å². The van der Waals surface area contributed by atoms with Crippen LogP contribution in [0.3, 0.4) is 0 Å². The SMILES string of the molecule is CCNc1ccc(C(=O)Nc2cc(Cl)c(F)c(Cl)c2)cn1. The number of carbonyl (C=O) groups is 1. The largest absolute Gasteiger partial charge is 0.370 e. The van der Waals surface area contributed by atoms with Crippen molar-refractivity contribution >= 4 is 40.6 Å². The number of anilines is 2. The van der Waals surface area contributed by atoms with E-state index in [9.17, 15) is 9.18 Å². The average molecular weight is 328 g/mol. The number of rotatable bonds is 4. The van der Waals surface area contributed by atoms with Crippen LogP contribution in [0.25, 0.3) is 0 Å². The highest BCUT2D eigenvalue weighted by Gasteiger charge is 2.11. The fraction of sp³-hybridized carbons (Fsp3) is 0.143. The van der Waals surface area contributed by atoms with Gasteiger partial charge in [0.25, 0.3) is 5.91 Å². The summed E-state index contributed by atoms with van der Waals surface area (Å²) in [7, 11) is 0. The maximum absolute atomic E-state index is 13.3. The third-order valence-electron chi connectivity index (χ3n) is 2.63. The highest BCUT2D eigenvalue weighted by atomic mass is 35.5. The number of hydrogen-bond acceptors (Lipinski definition) is 3. The molecule has 0 radical (unpaired) electrons. The molecule has 1 aromatic heterocycles. The van der Waals surface area contributed by atoms with E-state index in [1.54, 1.807) is 12.1 Å². The van der Waals surface area contributed by atoms with Crippen LogP contribution in [0.4, 0.5) is 15.9 Å². The first-order chi connectivity index (χ1) is 10.0. The molecule has 1 amide bonds. The second-order valence-corrected chi connectivity index (χ2v) is 4.98. The Kier molecular flexibility index (Phi) is 4.98. The molecule has 0 saturated carbocycles. The molecule has 2 aromatic rings. The smallest absolute Gasteiger partial charge is 0.257 e. The Hall–Kier alpha value is -1.85. The number of amides is 1. The number of benzene rings is 1. The highest BCUT2D eigenvalue weighted by molar-refractivity contribution is 6.35. The van der Waals surface area contributed by atoms with Crippen molar-refractivity contribution in [3.63, 3.8) is 0 Å². The number of halogens is 3. The van der Waals surface area contributed by atoms with Crippen LogP contribution >= 0.6 is 23.2 Å². The number of nitrogens with zero attached hydrogens (tertiary/aromatic N) is 1. The fourth-order valence-electron chi connectivity index (χ4n) is 1.64. The summed E-state index contributed by atoms with van der Waals surface area (Å²) in [6.07, 6.45) is 1.44. The Bertz CT molecular complexity index is 639. The monoisotopic (exact) mass is 327 g/mol. The van der Waals surface area contributed by atoms with Gasteiger partial charge in [0.2, 0.25) is 0 Å². The predicted molar refractivity (Wildman–Crippen MR) is 82.8 cm³/mol. The molecule has 0 aliphatic rings. The average Bonchev–Trinajstić information content (AvgIpc) is 2.45. The Morgan fingerprint density at radius 1 is 1.29 bits per heavy atom.